The van der Waals surface area contributed by atoms with Crippen LogP contribution in [0.4, 0.5) is 11.5 Å². The fourth-order valence-electron chi connectivity index (χ4n) is 3.10. The zero-order valence-electron chi connectivity index (χ0n) is 12.3. The van der Waals surface area contributed by atoms with Gasteiger partial charge in [0.15, 0.2) is 0 Å². The summed E-state index contributed by atoms with van der Waals surface area (Å²) in [5.74, 6) is 1.25. The number of nitrogens with one attached hydrogen (secondary N) is 1. The van der Waals surface area contributed by atoms with Crippen molar-refractivity contribution >= 4 is 23.1 Å². The Kier molecular flexibility index (Phi) is 3.16. The van der Waals surface area contributed by atoms with Gasteiger partial charge in [-0.05, 0) is 36.2 Å². The number of aromatic nitrogens is 2. The van der Waals surface area contributed by atoms with Crippen molar-refractivity contribution in [1.29, 1.82) is 0 Å². The van der Waals surface area contributed by atoms with Crippen LogP contribution in [0, 0.1) is 6.92 Å². The minimum atomic E-state index is 0.225. The molecule has 2 heterocycles. The molecule has 1 aromatic heterocycles. The first kappa shape index (κ1) is 13.4. The van der Waals surface area contributed by atoms with E-state index in [0.29, 0.717) is 0 Å². The summed E-state index contributed by atoms with van der Waals surface area (Å²) < 4.78 is 2.04. The molecular weight excluding hydrogens is 294 g/mol. The van der Waals surface area contributed by atoms with Crippen molar-refractivity contribution < 1.29 is 0 Å². The van der Waals surface area contributed by atoms with E-state index in [4.69, 9.17) is 11.6 Å². The van der Waals surface area contributed by atoms with Gasteiger partial charge in [-0.2, -0.15) is 5.10 Å². The summed E-state index contributed by atoms with van der Waals surface area (Å²) in [5.41, 5.74) is 4.60. The maximum absolute atomic E-state index is 6.24. The van der Waals surface area contributed by atoms with Gasteiger partial charge in [-0.3, -0.25) is 0 Å². The van der Waals surface area contributed by atoms with Crippen LogP contribution in [0.2, 0.25) is 5.02 Å². The van der Waals surface area contributed by atoms with Crippen molar-refractivity contribution in [3.8, 4) is 0 Å². The van der Waals surface area contributed by atoms with Gasteiger partial charge in [-0.1, -0.05) is 41.9 Å². The third-order valence-corrected chi connectivity index (χ3v) is 4.35. The highest BCUT2D eigenvalue weighted by Gasteiger charge is 2.24. The molecule has 1 unspecified atom stereocenters. The lowest BCUT2D eigenvalue weighted by molar-refractivity contribution is 0.574. The quantitative estimate of drug-likeness (QED) is 0.704. The zero-order chi connectivity index (χ0) is 15.1. The minimum Gasteiger partial charge on any atom is -0.340 e. The number of anilines is 2. The molecule has 3 aromatic rings. The van der Waals surface area contributed by atoms with E-state index in [0.717, 1.165) is 28.8 Å². The molecule has 22 heavy (non-hydrogen) atoms. The summed E-state index contributed by atoms with van der Waals surface area (Å²) in [6.07, 6.45) is 0. The highest BCUT2D eigenvalue weighted by atomic mass is 35.5. The number of benzene rings is 2. The van der Waals surface area contributed by atoms with Crippen molar-refractivity contribution in [2.24, 2.45) is 0 Å². The van der Waals surface area contributed by atoms with Gasteiger partial charge in [0.2, 0.25) is 0 Å². The van der Waals surface area contributed by atoms with Crippen molar-refractivity contribution in [2.75, 3.05) is 5.32 Å². The molecule has 0 radical (unpaired) electrons. The first-order valence-corrected chi connectivity index (χ1v) is 7.74. The van der Waals surface area contributed by atoms with Gasteiger partial charge in [0.05, 0.1) is 12.2 Å². The monoisotopic (exact) mass is 309 g/mol. The highest BCUT2D eigenvalue weighted by Crippen LogP contribution is 2.38. The van der Waals surface area contributed by atoms with Crippen LogP contribution in [0.25, 0.3) is 0 Å². The van der Waals surface area contributed by atoms with E-state index >= 15 is 0 Å². The van der Waals surface area contributed by atoms with Crippen LogP contribution in [-0.2, 0) is 6.54 Å². The summed E-state index contributed by atoms with van der Waals surface area (Å²) in [6, 6.07) is 18.6. The Hall–Kier alpha value is -2.26. The molecule has 0 spiro atoms. The van der Waals surface area contributed by atoms with Crippen molar-refractivity contribution in [3.63, 3.8) is 0 Å². The summed E-state index contributed by atoms with van der Waals surface area (Å²) in [5, 5.41) is 8.87. The molecule has 0 amide bonds. The zero-order valence-corrected chi connectivity index (χ0v) is 13.0. The molecule has 1 atom stereocenters. The molecule has 3 nitrogen and oxygen atoms in total. The molecule has 0 fully saturated rings. The fraction of sp³-hybridized carbons (Fsp3) is 0.167. The SMILES string of the molecule is Cc1cc2n(n1)CC(c1ccccc1)c1cc(Cl)ccc1N2. The molecule has 2 aromatic carbocycles. The third kappa shape index (κ3) is 2.28. The molecule has 4 rings (SSSR count). The maximum Gasteiger partial charge on any atom is 0.128 e. The number of nitrogens with zero attached hydrogens (tertiary/aromatic N) is 2. The Morgan fingerprint density at radius 3 is 2.77 bits per heavy atom. The molecule has 4 heteroatoms. The molecule has 0 saturated heterocycles. The normalized spacial score (nSPS) is 16.4. The number of hydrogen-bond acceptors (Lipinski definition) is 2. The van der Waals surface area contributed by atoms with E-state index in [1.54, 1.807) is 0 Å². The molecule has 0 bridgehead atoms. The van der Waals surface area contributed by atoms with Crippen LogP contribution in [0.15, 0.2) is 54.6 Å². The van der Waals surface area contributed by atoms with E-state index in [2.05, 4.69) is 46.8 Å². The van der Waals surface area contributed by atoms with Crippen molar-refractivity contribution in [1.82, 2.24) is 9.78 Å². The van der Waals surface area contributed by atoms with E-state index in [-0.39, 0.29) is 5.92 Å². The third-order valence-electron chi connectivity index (χ3n) is 4.11. The molecule has 1 aliphatic rings. The number of rotatable bonds is 1. The lowest BCUT2D eigenvalue weighted by Gasteiger charge is -2.18. The van der Waals surface area contributed by atoms with E-state index < -0.39 is 0 Å². The van der Waals surface area contributed by atoms with Gasteiger partial charge in [0, 0.05) is 22.7 Å². The topological polar surface area (TPSA) is 29.9 Å². The van der Waals surface area contributed by atoms with Gasteiger partial charge in [0.1, 0.15) is 5.82 Å². The predicted molar refractivity (Wildman–Crippen MR) is 90.0 cm³/mol. The molecule has 110 valence electrons. The first-order chi connectivity index (χ1) is 10.7. The Bertz CT molecular complexity index is 824. The smallest absolute Gasteiger partial charge is 0.128 e. The van der Waals surface area contributed by atoms with Gasteiger partial charge >= 0.3 is 0 Å². The number of fused-ring (bicyclic) bond motifs is 2. The van der Waals surface area contributed by atoms with Crippen LogP contribution in [0.3, 0.4) is 0 Å². The van der Waals surface area contributed by atoms with Crippen LogP contribution in [0.5, 0.6) is 0 Å². The second-order valence-corrected chi connectivity index (χ2v) is 6.11. The van der Waals surface area contributed by atoms with Gasteiger partial charge in [-0.15, -0.1) is 0 Å². The number of aryl methyl sites for hydroxylation is 1. The van der Waals surface area contributed by atoms with E-state index in [1.165, 1.54) is 11.1 Å². The van der Waals surface area contributed by atoms with Gasteiger partial charge < -0.3 is 5.32 Å². The largest absolute Gasteiger partial charge is 0.340 e. The van der Waals surface area contributed by atoms with Gasteiger partial charge in [-0.25, -0.2) is 4.68 Å². The van der Waals surface area contributed by atoms with E-state index in [9.17, 15) is 0 Å². The van der Waals surface area contributed by atoms with Crippen LogP contribution >= 0.6 is 11.6 Å². The average Bonchev–Trinajstić information content (AvgIpc) is 2.80. The Labute approximate surface area is 134 Å². The Morgan fingerprint density at radius 2 is 1.95 bits per heavy atom. The second-order valence-electron chi connectivity index (χ2n) is 5.67. The molecule has 0 saturated carbocycles. The van der Waals surface area contributed by atoms with Crippen LogP contribution in [0.1, 0.15) is 22.7 Å². The second kappa shape index (κ2) is 5.18. The van der Waals surface area contributed by atoms with Crippen molar-refractivity contribution in [2.45, 2.75) is 19.4 Å². The predicted octanol–water partition coefficient (Wildman–Crippen LogP) is 4.73. The Morgan fingerprint density at radius 1 is 1.14 bits per heavy atom. The van der Waals surface area contributed by atoms with Crippen molar-refractivity contribution in [3.05, 3.63) is 76.4 Å². The van der Waals surface area contributed by atoms with Crippen LogP contribution in [-0.4, -0.2) is 9.78 Å². The lowest BCUT2D eigenvalue weighted by atomic mass is 9.90. The summed E-state index contributed by atoms with van der Waals surface area (Å²) in [6.45, 7) is 2.82. The average molecular weight is 310 g/mol. The molecule has 1 aliphatic heterocycles. The number of hydrogen-bond donors (Lipinski definition) is 1. The number of halogens is 1. The molecule has 0 aliphatic carbocycles. The standard InChI is InChI=1S/C18H16ClN3/c1-12-9-18-20-17-8-7-14(19)10-15(17)16(11-22(18)21-12)13-5-3-2-4-6-13/h2-10,16,20H,11H2,1H3. The highest BCUT2D eigenvalue weighted by molar-refractivity contribution is 6.30. The summed E-state index contributed by atoms with van der Waals surface area (Å²) in [4.78, 5) is 0. The van der Waals surface area contributed by atoms with Crippen LogP contribution < -0.4 is 5.32 Å². The van der Waals surface area contributed by atoms with Gasteiger partial charge in [0.25, 0.3) is 0 Å². The maximum atomic E-state index is 6.24. The summed E-state index contributed by atoms with van der Waals surface area (Å²) >= 11 is 6.24. The molecule has 1 N–H and O–H groups in total. The minimum absolute atomic E-state index is 0.225. The first-order valence-electron chi connectivity index (χ1n) is 7.36. The fourth-order valence-corrected chi connectivity index (χ4v) is 3.28. The lowest BCUT2D eigenvalue weighted by Crippen LogP contribution is -2.10. The summed E-state index contributed by atoms with van der Waals surface area (Å²) in [7, 11) is 0. The Balaban J connectivity index is 1.91. The van der Waals surface area contributed by atoms with E-state index in [1.807, 2.05) is 29.8 Å². The molecular formula is C18H16ClN3.